The lowest BCUT2D eigenvalue weighted by Crippen LogP contribution is -2.15. The topological polar surface area (TPSA) is 47.3 Å². The molecule has 0 fully saturated rings. The Morgan fingerprint density at radius 1 is 1.05 bits per heavy atom. The van der Waals surface area contributed by atoms with Crippen LogP contribution in [0.4, 0.5) is 0 Å². The van der Waals surface area contributed by atoms with E-state index in [9.17, 15) is 4.79 Å². The van der Waals surface area contributed by atoms with Crippen LogP contribution in [0.5, 0.6) is 0 Å². The molecule has 1 aromatic carbocycles. The average Bonchev–Trinajstić information content (AvgIpc) is 2.92. The highest BCUT2D eigenvalue weighted by atomic mass is 32.1. The number of aromatic nitrogens is 3. The molecule has 0 aliphatic heterocycles. The quantitative estimate of drug-likeness (QED) is 0.538. The Morgan fingerprint density at radius 3 is 2.75 bits per heavy atom. The van der Waals surface area contributed by atoms with Crippen molar-refractivity contribution in [2.24, 2.45) is 0 Å². The first-order valence-electron chi connectivity index (χ1n) is 6.15. The predicted octanol–water partition coefficient (Wildman–Crippen LogP) is 2.97. The minimum Gasteiger partial charge on any atom is -0.268 e. The second-order valence-corrected chi connectivity index (χ2v) is 5.23. The monoisotopic (exact) mass is 279 g/mol. The highest BCUT2D eigenvalue weighted by Crippen LogP contribution is 2.24. The van der Waals surface area contributed by atoms with E-state index in [0.717, 1.165) is 11.3 Å². The van der Waals surface area contributed by atoms with Gasteiger partial charge in [-0.25, -0.2) is 4.98 Å². The molecule has 20 heavy (non-hydrogen) atoms. The summed E-state index contributed by atoms with van der Waals surface area (Å²) in [5.41, 5.74) is 2.30. The third-order valence-corrected chi connectivity index (χ3v) is 4.03. The Labute approximate surface area is 118 Å². The van der Waals surface area contributed by atoms with E-state index >= 15 is 0 Å². The minimum atomic E-state index is -0.0711. The number of fused-ring (bicyclic) bond motifs is 2. The van der Waals surface area contributed by atoms with Gasteiger partial charge in [-0.2, -0.15) is 4.98 Å². The van der Waals surface area contributed by atoms with Gasteiger partial charge in [0.25, 0.3) is 5.56 Å². The Morgan fingerprint density at radius 2 is 1.90 bits per heavy atom. The van der Waals surface area contributed by atoms with Crippen LogP contribution in [-0.2, 0) is 0 Å². The molecule has 0 aliphatic carbocycles. The molecule has 0 spiro atoms. The van der Waals surface area contributed by atoms with E-state index in [1.165, 1.54) is 11.3 Å². The Balaban J connectivity index is 2.16. The SMILES string of the molecule is O=c1c2cccnc2nc2scc(-c3ccccc3)n12. The molecule has 4 rings (SSSR count). The maximum atomic E-state index is 12.6. The van der Waals surface area contributed by atoms with Gasteiger partial charge < -0.3 is 0 Å². The zero-order valence-electron chi connectivity index (χ0n) is 10.4. The van der Waals surface area contributed by atoms with Gasteiger partial charge >= 0.3 is 0 Å². The fraction of sp³-hybridized carbons (Fsp3) is 0. The third-order valence-electron chi connectivity index (χ3n) is 3.20. The molecule has 0 aliphatic rings. The number of pyridine rings is 1. The molecule has 0 N–H and O–H groups in total. The normalized spacial score (nSPS) is 11.2. The number of hydrogen-bond acceptors (Lipinski definition) is 4. The lowest BCUT2D eigenvalue weighted by Gasteiger charge is -2.02. The van der Waals surface area contributed by atoms with Crippen LogP contribution >= 0.6 is 11.3 Å². The van der Waals surface area contributed by atoms with E-state index in [0.29, 0.717) is 16.0 Å². The summed E-state index contributed by atoms with van der Waals surface area (Å²) in [7, 11) is 0. The molecule has 3 aromatic heterocycles. The van der Waals surface area contributed by atoms with Gasteiger partial charge in [0.1, 0.15) is 0 Å². The van der Waals surface area contributed by atoms with Gasteiger partial charge in [-0.05, 0) is 17.7 Å². The summed E-state index contributed by atoms with van der Waals surface area (Å²) in [4.78, 5) is 21.9. The van der Waals surface area contributed by atoms with Crippen molar-refractivity contribution in [1.29, 1.82) is 0 Å². The molecule has 0 atom stereocenters. The van der Waals surface area contributed by atoms with Crippen molar-refractivity contribution in [2.75, 3.05) is 0 Å². The van der Waals surface area contributed by atoms with Crippen LogP contribution in [0.15, 0.2) is 58.8 Å². The zero-order valence-corrected chi connectivity index (χ0v) is 11.2. The lowest BCUT2D eigenvalue weighted by molar-refractivity contribution is 1.11. The number of thiazole rings is 1. The molecule has 0 bridgehead atoms. The molecule has 0 saturated heterocycles. The molecule has 5 heteroatoms. The average molecular weight is 279 g/mol. The highest BCUT2D eigenvalue weighted by molar-refractivity contribution is 7.15. The number of rotatable bonds is 1. The lowest BCUT2D eigenvalue weighted by atomic mass is 10.2. The first kappa shape index (κ1) is 11.3. The zero-order chi connectivity index (χ0) is 13.5. The maximum absolute atomic E-state index is 12.6. The third kappa shape index (κ3) is 1.57. The van der Waals surface area contributed by atoms with Crippen LogP contribution in [0.25, 0.3) is 27.3 Å². The molecule has 0 amide bonds. The summed E-state index contributed by atoms with van der Waals surface area (Å²) in [6, 6.07) is 13.4. The van der Waals surface area contributed by atoms with Crippen LogP contribution < -0.4 is 5.56 Å². The van der Waals surface area contributed by atoms with Gasteiger partial charge in [0.2, 0.25) is 0 Å². The Kier molecular flexibility index (Phi) is 2.40. The van der Waals surface area contributed by atoms with Gasteiger partial charge in [0, 0.05) is 11.6 Å². The van der Waals surface area contributed by atoms with Crippen LogP contribution in [0, 0.1) is 0 Å². The first-order valence-corrected chi connectivity index (χ1v) is 7.03. The minimum absolute atomic E-state index is 0.0711. The summed E-state index contributed by atoms with van der Waals surface area (Å²) >= 11 is 1.45. The van der Waals surface area contributed by atoms with Crippen molar-refractivity contribution in [3.8, 4) is 11.3 Å². The standard InChI is InChI=1S/C15H9N3OS/c19-14-11-7-4-8-16-13(11)17-15-18(14)12(9-20-15)10-5-2-1-3-6-10/h1-9H. The van der Waals surface area contributed by atoms with E-state index in [-0.39, 0.29) is 5.56 Å². The fourth-order valence-electron chi connectivity index (χ4n) is 2.26. The van der Waals surface area contributed by atoms with E-state index < -0.39 is 0 Å². The number of hydrogen-bond donors (Lipinski definition) is 0. The van der Waals surface area contributed by atoms with Gasteiger partial charge in [0.15, 0.2) is 10.6 Å². The van der Waals surface area contributed by atoms with Gasteiger partial charge in [-0.15, -0.1) is 11.3 Å². The van der Waals surface area contributed by atoms with Crippen molar-refractivity contribution in [3.05, 3.63) is 64.4 Å². The largest absolute Gasteiger partial charge is 0.268 e. The van der Waals surface area contributed by atoms with E-state index in [1.807, 2.05) is 35.7 Å². The summed E-state index contributed by atoms with van der Waals surface area (Å²) < 4.78 is 1.66. The first-order chi connectivity index (χ1) is 9.84. The Hall–Kier alpha value is -2.53. The van der Waals surface area contributed by atoms with Crippen LogP contribution in [0.2, 0.25) is 0 Å². The molecule has 4 nitrogen and oxygen atoms in total. The predicted molar refractivity (Wildman–Crippen MR) is 80.1 cm³/mol. The highest BCUT2D eigenvalue weighted by Gasteiger charge is 2.12. The van der Waals surface area contributed by atoms with Crippen LogP contribution in [-0.4, -0.2) is 14.4 Å². The molecule has 4 aromatic rings. The number of benzene rings is 1. The van der Waals surface area contributed by atoms with Crippen molar-refractivity contribution in [3.63, 3.8) is 0 Å². The van der Waals surface area contributed by atoms with Crippen molar-refractivity contribution in [1.82, 2.24) is 14.4 Å². The van der Waals surface area contributed by atoms with Crippen LogP contribution in [0.1, 0.15) is 0 Å². The van der Waals surface area contributed by atoms with Crippen molar-refractivity contribution in [2.45, 2.75) is 0 Å². The smallest absolute Gasteiger partial charge is 0.268 e. The molecule has 0 saturated carbocycles. The molecule has 0 radical (unpaired) electrons. The maximum Gasteiger partial charge on any atom is 0.268 e. The molecule has 0 unspecified atom stereocenters. The molecule has 3 heterocycles. The molecule has 96 valence electrons. The second-order valence-electron chi connectivity index (χ2n) is 4.40. The van der Waals surface area contributed by atoms with Gasteiger partial charge in [-0.1, -0.05) is 30.3 Å². The van der Waals surface area contributed by atoms with Crippen molar-refractivity contribution < 1.29 is 0 Å². The molecular formula is C15H9N3OS. The second kappa shape index (κ2) is 4.25. The number of nitrogens with zero attached hydrogens (tertiary/aromatic N) is 3. The fourth-order valence-corrected chi connectivity index (χ4v) is 3.14. The van der Waals surface area contributed by atoms with Crippen LogP contribution in [0.3, 0.4) is 0 Å². The summed E-state index contributed by atoms with van der Waals surface area (Å²) in [5.74, 6) is 0. The molecular weight excluding hydrogens is 270 g/mol. The summed E-state index contributed by atoms with van der Waals surface area (Å²) in [6.45, 7) is 0. The Bertz CT molecular complexity index is 973. The van der Waals surface area contributed by atoms with Gasteiger partial charge in [0.05, 0.1) is 11.1 Å². The van der Waals surface area contributed by atoms with E-state index in [2.05, 4.69) is 9.97 Å². The van der Waals surface area contributed by atoms with E-state index in [1.54, 1.807) is 22.7 Å². The van der Waals surface area contributed by atoms with Crippen molar-refractivity contribution >= 4 is 27.3 Å². The van der Waals surface area contributed by atoms with E-state index in [4.69, 9.17) is 0 Å². The van der Waals surface area contributed by atoms with Gasteiger partial charge in [-0.3, -0.25) is 9.20 Å². The summed E-state index contributed by atoms with van der Waals surface area (Å²) in [5, 5.41) is 2.50. The summed E-state index contributed by atoms with van der Waals surface area (Å²) in [6.07, 6.45) is 1.65.